The molecule has 0 aromatic carbocycles. The molecule has 0 saturated carbocycles. The molecule has 2 atom stereocenters. The van der Waals surface area contributed by atoms with E-state index in [4.69, 9.17) is 5.73 Å². The van der Waals surface area contributed by atoms with Gasteiger partial charge in [-0.2, -0.15) is 5.10 Å². The molecule has 8 nitrogen and oxygen atoms in total. The molecule has 2 unspecified atom stereocenters. The van der Waals surface area contributed by atoms with Crippen LogP contribution >= 0.6 is 0 Å². The van der Waals surface area contributed by atoms with Crippen molar-refractivity contribution in [3.8, 4) is 0 Å². The van der Waals surface area contributed by atoms with Crippen LogP contribution in [0, 0.1) is 5.92 Å². The number of piperidine rings is 1. The average molecular weight is 318 g/mol. The van der Waals surface area contributed by atoms with Gasteiger partial charge in [0.1, 0.15) is 18.3 Å². The molecular weight excluding hydrogens is 296 g/mol. The van der Waals surface area contributed by atoms with Crippen LogP contribution in [0.15, 0.2) is 17.3 Å². The third-order valence-electron chi connectivity index (χ3n) is 4.59. The largest absolute Gasteiger partial charge is 0.337 e. The summed E-state index contributed by atoms with van der Waals surface area (Å²) in [6.07, 6.45) is 4.78. The number of fused-ring (bicyclic) bond motifs is 1. The highest BCUT2D eigenvalue weighted by molar-refractivity contribution is 5.77. The van der Waals surface area contributed by atoms with E-state index in [9.17, 15) is 9.59 Å². The normalized spacial score (nSPS) is 21.8. The second-order valence-electron chi connectivity index (χ2n) is 6.29. The Morgan fingerprint density at radius 1 is 1.48 bits per heavy atom. The highest BCUT2D eigenvalue weighted by Crippen LogP contribution is 2.22. The van der Waals surface area contributed by atoms with Crippen LogP contribution in [-0.4, -0.2) is 49.3 Å². The number of likely N-dealkylation sites (tertiary alicyclic amines) is 1. The summed E-state index contributed by atoms with van der Waals surface area (Å²) in [4.78, 5) is 31.1. The van der Waals surface area contributed by atoms with E-state index < -0.39 is 0 Å². The molecule has 2 N–H and O–H groups in total. The van der Waals surface area contributed by atoms with Crippen molar-refractivity contribution in [1.29, 1.82) is 0 Å². The van der Waals surface area contributed by atoms with Gasteiger partial charge in [-0.15, -0.1) is 0 Å². The Balaban J connectivity index is 1.82. The van der Waals surface area contributed by atoms with E-state index in [1.165, 1.54) is 17.1 Å². The molecule has 23 heavy (non-hydrogen) atoms. The number of hydrogen-bond acceptors (Lipinski definition) is 5. The topological polar surface area (TPSA) is 99.0 Å². The number of nitrogens with zero attached hydrogens (tertiary/aromatic N) is 5. The number of amides is 1. The molecule has 2 aromatic heterocycles. The van der Waals surface area contributed by atoms with E-state index in [0.717, 1.165) is 12.8 Å². The first kappa shape index (κ1) is 15.7. The van der Waals surface area contributed by atoms with Crippen LogP contribution in [0.2, 0.25) is 0 Å². The van der Waals surface area contributed by atoms with Crippen molar-refractivity contribution in [1.82, 2.24) is 24.2 Å². The summed E-state index contributed by atoms with van der Waals surface area (Å²) in [5.74, 6) is 0.489. The predicted octanol–water partition coefficient (Wildman–Crippen LogP) is -0.284. The van der Waals surface area contributed by atoms with Gasteiger partial charge in [-0.05, 0) is 18.8 Å². The summed E-state index contributed by atoms with van der Waals surface area (Å²) in [5.41, 5.74) is 6.08. The lowest BCUT2D eigenvalue weighted by Crippen LogP contribution is -2.50. The standard InChI is InChI=1S/C15H22N6O2/c1-10-3-4-21(11(5-10)6-16)13(22)8-20-9-17-14-12(15(20)23)7-18-19(14)2/h7,9-11H,3-6,8,16H2,1-2H3. The molecular formula is C15H22N6O2. The number of rotatable bonds is 3. The van der Waals surface area contributed by atoms with Crippen molar-refractivity contribution in [2.75, 3.05) is 13.1 Å². The maximum Gasteiger partial charge on any atom is 0.264 e. The summed E-state index contributed by atoms with van der Waals surface area (Å²) >= 11 is 0. The molecule has 1 saturated heterocycles. The summed E-state index contributed by atoms with van der Waals surface area (Å²) in [6.45, 7) is 3.31. The Morgan fingerprint density at radius 2 is 2.26 bits per heavy atom. The number of carbonyl (C=O) groups is 1. The predicted molar refractivity (Wildman–Crippen MR) is 85.7 cm³/mol. The van der Waals surface area contributed by atoms with Gasteiger partial charge in [0.05, 0.1) is 6.20 Å². The Labute approximate surface area is 133 Å². The van der Waals surface area contributed by atoms with Gasteiger partial charge >= 0.3 is 0 Å². The fourth-order valence-electron chi connectivity index (χ4n) is 3.22. The minimum atomic E-state index is -0.244. The van der Waals surface area contributed by atoms with E-state index in [0.29, 0.717) is 30.0 Å². The average Bonchev–Trinajstić information content (AvgIpc) is 2.91. The monoisotopic (exact) mass is 318 g/mol. The molecule has 124 valence electrons. The van der Waals surface area contributed by atoms with Crippen LogP contribution in [0.5, 0.6) is 0 Å². The first-order chi connectivity index (χ1) is 11.0. The van der Waals surface area contributed by atoms with Crippen LogP contribution in [0.3, 0.4) is 0 Å². The Bertz CT molecular complexity index is 780. The molecule has 0 bridgehead atoms. The van der Waals surface area contributed by atoms with E-state index in [2.05, 4.69) is 17.0 Å². The van der Waals surface area contributed by atoms with Crippen molar-refractivity contribution in [3.05, 3.63) is 22.9 Å². The number of aromatic nitrogens is 4. The van der Waals surface area contributed by atoms with Gasteiger partial charge in [-0.1, -0.05) is 6.92 Å². The molecule has 1 aliphatic heterocycles. The first-order valence-corrected chi connectivity index (χ1v) is 7.88. The van der Waals surface area contributed by atoms with Crippen molar-refractivity contribution in [2.24, 2.45) is 18.7 Å². The van der Waals surface area contributed by atoms with Crippen molar-refractivity contribution in [3.63, 3.8) is 0 Å². The molecule has 0 aliphatic carbocycles. The summed E-state index contributed by atoms with van der Waals surface area (Å²) in [5, 5.41) is 4.45. The number of hydrogen-bond donors (Lipinski definition) is 1. The van der Waals surface area contributed by atoms with Crippen molar-refractivity contribution in [2.45, 2.75) is 32.4 Å². The Morgan fingerprint density at radius 3 is 3.00 bits per heavy atom. The molecule has 0 spiro atoms. The van der Waals surface area contributed by atoms with E-state index in [-0.39, 0.29) is 24.1 Å². The van der Waals surface area contributed by atoms with Crippen LogP contribution in [-0.2, 0) is 18.4 Å². The summed E-state index contributed by atoms with van der Waals surface area (Å²) in [7, 11) is 1.73. The lowest BCUT2D eigenvalue weighted by Gasteiger charge is -2.38. The van der Waals surface area contributed by atoms with Crippen LogP contribution < -0.4 is 11.3 Å². The van der Waals surface area contributed by atoms with E-state index >= 15 is 0 Å². The molecule has 0 radical (unpaired) electrons. The molecule has 3 rings (SSSR count). The zero-order chi connectivity index (χ0) is 16.6. The maximum absolute atomic E-state index is 12.6. The van der Waals surface area contributed by atoms with Crippen molar-refractivity contribution >= 4 is 16.9 Å². The van der Waals surface area contributed by atoms with Gasteiger partial charge in [0.25, 0.3) is 5.56 Å². The highest BCUT2D eigenvalue weighted by Gasteiger charge is 2.29. The van der Waals surface area contributed by atoms with Crippen molar-refractivity contribution < 1.29 is 4.79 Å². The van der Waals surface area contributed by atoms with Gasteiger partial charge in [0.2, 0.25) is 5.91 Å². The maximum atomic E-state index is 12.6. The van der Waals surface area contributed by atoms with Gasteiger partial charge in [-0.3, -0.25) is 18.8 Å². The minimum Gasteiger partial charge on any atom is -0.337 e. The van der Waals surface area contributed by atoms with Crippen LogP contribution in [0.1, 0.15) is 19.8 Å². The first-order valence-electron chi connectivity index (χ1n) is 7.88. The lowest BCUT2D eigenvalue weighted by atomic mass is 9.92. The number of nitrogens with two attached hydrogens (primary N) is 1. The third-order valence-corrected chi connectivity index (χ3v) is 4.59. The number of carbonyl (C=O) groups excluding carboxylic acids is 1. The fourth-order valence-corrected chi connectivity index (χ4v) is 3.22. The van der Waals surface area contributed by atoms with E-state index in [1.807, 2.05) is 0 Å². The molecule has 8 heteroatoms. The van der Waals surface area contributed by atoms with Gasteiger partial charge < -0.3 is 10.6 Å². The highest BCUT2D eigenvalue weighted by atomic mass is 16.2. The third kappa shape index (κ3) is 2.86. The summed E-state index contributed by atoms with van der Waals surface area (Å²) < 4.78 is 2.89. The molecule has 1 amide bonds. The summed E-state index contributed by atoms with van der Waals surface area (Å²) in [6, 6.07) is 0.0528. The zero-order valence-corrected chi connectivity index (χ0v) is 13.5. The van der Waals surface area contributed by atoms with Gasteiger partial charge in [-0.25, -0.2) is 4.98 Å². The molecule has 1 fully saturated rings. The minimum absolute atomic E-state index is 0.0124. The number of aryl methyl sites for hydroxylation is 1. The second kappa shape index (κ2) is 6.11. The Kier molecular flexibility index (Phi) is 4.16. The smallest absolute Gasteiger partial charge is 0.264 e. The van der Waals surface area contributed by atoms with Crippen LogP contribution in [0.4, 0.5) is 0 Å². The molecule has 1 aliphatic rings. The SMILES string of the molecule is CC1CCN(C(=O)Cn2cnc3c(cnn3C)c2=O)C(CN)C1. The zero-order valence-electron chi connectivity index (χ0n) is 13.5. The molecule has 2 aromatic rings. The lowest BCUT2D eigenvalue weighted by molar-refractivity contribution is -0.136. The van der Waals surface area contributed by atoms with Gasteiger partial charge in [0, 0.05) is 26.2 Å². The fraction of sp³-hybridized carbons (Fsp3) is 0.600. The van der Waals surface area contributed by atoms with Gasteiger partial charge in [0.15, 0.2) is 5.65 Å². The second-order valence-corrected chi connectivity index (χ2v) is 6.29. The quantitative estimate of drug-likeness (QED) is 0.839. The Hall–Kier alpha value is -2.22. The van der Waals surface area contributed by atoms with E-state index in [1.54, 1.807) is 16.6 Å². The molecule has 3 heterocycles. The van der Waals surface area contributed by atoms with Crippen LogP contribution in [0.25, 0.3) is 11.0 Å².